The van der Waals surface area contributed by atoms with Crippen LogP contribution in [0.15, 0.2) is 12.2 Å². The van der Waals surface area contributed by atoms with Gasteiger partial charge in [0.1, 0.15) is 0 Å². The molecule has 1 amide bonds. The Morgan fingerprint density at radius 1 is 1.33 bits per heavy atom. The maximum Gasteiger partial charge on any atom is 0.243 e. The molecule has 2 nitrogen and oxygen atoms in total. The molecule has 1 rings (SSSR count). The lowest BCUT2D eigenvalue weighted by molar-refractivity contribution is -0.117. The summed E-state index contributed by atoms with van der Waals surface area (Å²) in [5.74, 6) is 0.973. The van der Waals surface area contributed by atoms with E-state index >= 15 is 0 Å². The van der Waals surface area contributed by atoms with Gasteiger partial charge >= 0.3 is 0 Å². The second-order valence-corrected chi connectivity index (χ2v) is 4.51. The molecule has 0 aromatic carbocycles. The molecule has 0 saturated heterocycles. The number of amides is 1. The molecule has 2 heteroatoms. The minimum Gasteiger partial charge on any atom is -0.350 e. The number of carbonyl (C=O) groups excluding carboxylic acids is 1. The van der Waals surface area contributed by atoms with Crippen molar-refractivity contribution in [2.24, 2.45) is 5.92 Å². The Bertz CT molecular complexity index is 215. The molecule has 0 atom stereocenters. The molecule has 0 aromatic heterocycles. The number of hydrogen-bond donors (Lipinski definition) is 1. The predicted molar refractivity (Wildman–Crippen MR) is 63.6 cm³/mol. The van der Waals surface area contributed by atoms with E-state index in [1.807, 2.05) is 6.92 Å². The number of hydrogen-bond acceptors (Lipinski definition) is 1. The largest absolute Gasteiger partial charge is 0.350 e. The topological polar surface area (TPSA) is 29.1 Å². The van der Waals surface area contributed by atoms with E-state index < -0.39 is 0 Å². The van der Waals surface area contributed by atoms with Gasteiger partial charge in [-0.1, -0.05) is 25.8 Å². The van der Waals surface area contributed by atoms with Crippen LogP contribution in [0.5, 0.6) is 0 Å². The summed E-state index contributed by atoms with van der Waals surface area (Å²) in [6, 6.07) is 0.418. The Labute approximate surface area is 93.1 Å². The Kier molecular flexibility index (Phi) is 5.44. The van der Waals surface area contributed by atoms with Crippen LogP contribution in [0.3, 0.4) is 0 Å². The summed E-state index contributed by atoms with van der Waals surface area (Å²) in [4.78, 5) is 11.3. The average Bonchev–Trinajstić information content (AvgIpc) is 2.22. The molecule has 1 aliphatic rings. The van der Waals surface area contributed by atoms with Crippen LogP contribution in [-0.4, -0.2) is 11.9 Å². The van der Waals surface area contributed by atoms with Gasteiger partial charge in [-0.15, -0.1) is 0 Å². The molecule has 86 valence electrons. The fraction of sp³-hybridized carbons (Fsp3) is 0.769. The molecule has 0 unspecified atom stereocenters. The van der Waals surface area contributed by atoms with Crippen LogP contribution in [0, 0.1) is 5.92 Å². The second kappa shape index (κ2) is 6.65. The summed E-state index contributed by atoms with van der Waals surface area (Å²) in [7, 11) is 0. The monoisotopic (exact) mass is 209 g/mol. The molecule has 0 radical (unpaired) electrons. The highest BCUT2D eigenvalue weighted by molar-refractivity contribution is 5.87. The summed E-state index contributed by atoms with van der Waals surface area (Å²) < 4.78 is 0. The van der Waals surface area contributed by atoms with Crippen LogP contribution >= 0.6 is 0 Å². The van der Waals surface area contributed by atoms with Crippen molar-refractivity contribution < 1.29 is 4.79 Å². The highest BCUT2D eigenvalue weighted by atomic mass is 16.1. The van der Waals surface area contributed by atoms with Crippen LogP contribution in [0.1, 0.15) is 52.4 Å². The number of carbonyl (C=O) groups is 1. The van der Waals surface area contributed by atoms with E-state index in [0.717, 1.165) is 18.8 Å². The molecule has 1 saturated carbocycles. The van der Waals surface area contributed by atoms with Gasteiger partial charge in [0.2, 0.25) is 5.91 Å². The zero-order chi connectivity index (χ0) is 11.1. The van der Waals surface area contributed by atoms with Crippen LogP contribution in [0.25, 0.3) is 0 Å². The van der Waals surface area contributed by atoms with Crippen molar-refractivity contribution in [1.82, 2.24) is 5.32 Å². The van der Waals surface area contributed by atoms with Crippen molar-refractivity contribution in [1.29, 1.82) is 0 Å². The maximum atomic E-state index is 11.3. The summed E-state index contributed by atoms with van der Waals surface area (Å²) in [6.45, 7) is 4.12. The smallest absolute Gasteiger partial charge is 0.243 e. The van der Waals surface area contributed by atoms with Gasteiger partial charge < -0.3 is 5.32 Å². The fourth-order valence-electron chi connectivity index (χ4n) is 2.40. The normalized spacial score (nSPS) is 26.8. The molecule has 15 heavy (non-hydrogen) atoms. The molecule has 1 N–H and O–H groups in total. The molecule has 1 fully saturated rings. The van der Waals surface area contributed by atoms with Crippen LogP contribution in [0.4, 0.5) is 0 Å². The standard InChI is InChI=1S/C13H23NO/c1-3-5-11-7-9-12(10-8-11)14-13(15)6-4-2/h4,6,11-12H,3,5,7-10H2,1-2H3,(H,14,15). The van der Waals surface area contributed by atoms with Gasteiger partial charge in [0.05, 0.1) is 0 Å². The highest BCUT2D eigenvalue weighted by Crippen LogP contribution is 2.27. The van der Waals surface area contributed by atoms with Crippen molar-refractivity contribution in [3.8, 4) is 0 Å². The number of nitrogens with one attached hydrogen (secondary N) is 1. The lowest BCUT2D eigenvalue weighted by Gasteiger charge is -2.28. The minimum atomic E-state index is 0.0661. The van der Waals surface area contributed by atoms with Gasteiger partial charge in [-0.2, -0.15) is 0 Å². The first kappa shape index (κ1) is 12.3. The predicted octanol–water partition coefficient (Wildman–Crippen LogP) is 3.04. The maximum absolute atomic E-state index is 11.3. The van der Waals surface area contributed by atoms with Crippen molar-refractivity contribution in [2.75, 3.05) is 0 Å². The van der Waals surface area contributed by atoms with E-state index in [1.54, 1.807) is 12.2 Å². The Balaban J connectivity index is 2.22. The van der Waals surface area contributed by atoms with Crippen molar-refractivity contribution in [3.63, 3.8) is 0 Å². The van der Waals surface area contributed by atoms with Crippen LogP contribution in [-0.2, 0) is 4.79 Å². The van der Waals surface area contributed by atoms with E-state index in [9.17, 15) is 4.79 Å². The summed E-state index contributed by atoms with van der Waals surface area (Å²) in [5, 5.41) is 3.06. The zero-order valence-corrected chi connectivity index (χ0v) is 9.96. The first-order valence-electron chi connectivity index (χ1n) is 6.19. The van der Waals surface area contributed by atoms with Gasteiger partial charge in [-0.3, -0.25) is 4.79 Å². The lowest BCUT2D eigenvalue weighted by atomic mass is 9.83. The Hall–Kier alpha value is -0.790. The molecule has 0 aliphatic heterocycles. The van der Waals surface area contributed by atoms with E-state index in [1.165, 1.54) is 25.7 Å². The molecule has 0 bridgehead atoms. The van der Waals surface area contributed by atoms with Gasteiger partial charge in [0.15, 0.2) is 0 Å². The van der Waals surface area contributed by atoms with Gasteiger partial charge in [-0.25, -0.2) is 0 Å². The fourth-order valence-corrected chi connectivity index (χ4v) is 2.40. The zero-order valence-electron chi connectivity index (χ0n) is 9.96. The third-order valence-electron chi connectivity index (χ3n) is 3.21. The van der Waals surface area contributed by atoms with E-state index in [0.29, 0.717) is 6.04 Å². The molecular formula is C13H23NO. The Morgan fingerprint density at radius 2 is 2.00 bits per heavy atom. The van der Waals surface area contributed by atoms with E-state index in [4.69, 9.17) is 0 Å². The quantitative estimate of drug-likeness (QED) is 0.708. The average molecular weight is 209 g/mol. The first-order valence-corrected chi connectivity index (χ1v) is 6.19. The van der Waals surface area contributed by atoms with E-state index in [-0.39, 0.29) is 5.91 Å². The molecule has 0 aromatic rings. The minimum absolute atomic E-state index is 0.0661. The van der Waals surface area contributed by atoms with Gasteiger partial charge in [0, 0.05) is 6.04 Å². The first-order chi connectivity index (χ1) is 7.26. The second-order valence-electron chi connectivity index (χ2n) is 4.51. The highest BCUT2D eigenvalue weighted by Gasteiger charge is 2.20. The van der Waals surface area contributed by atoms with Gasteiger partial charge in [-0.05, 0) is 44.6 Å². The van der Waals surface area contributed by atoms with Gasteiger partial charge in [0.25, 0.3) is 0 Å². The van der Waals surface area contributed by atoms with Crippen molar-refractivity contribution in [3.05, 3.63) is 12.2 Å². The summed E-state index contributed by atoms with van der Waals surface area (Å²) >= 11 is 0. The molecule has 0 heterocycles. The Morgan fingerprint density at radius 3 is 2.53 bits per heavy atom. The summed E-state index contributed by atoms with van der Waals surface area (Å²) in [6.07, 6.45) is 10.9. The third kappa shape index (κ3) is 4.50. The van der Waals surface area contributed by atoms with E-state index in [2.05, 4.69) is 12.2 Å². The third-order valence-corrected chi connectivity index (χ3v) is 3.21. The van der Waals surface area contributed by atoms with Crippen molar-refractivity contribution in [2.45, 2.75) is 58.4 Å². The molecule has 0 spiro atoms. The van der Waals surface area contributed by atoms with Crippen molar-refractivity contribution >= 4 is 5.91 Å². The summed E-state index contributed by atoms with van der Waals surface area (Å²) in [5.41, 5.74) is 0. The lowest BCUT2D eigenvalue weighted by Crippen LogP contribution is -2.36. The molecular weight excluding hydrogens is 186 g/mol. The number of allylic oxidation sites excluding steroid dienone is 1. The number of rotatable bonds is 4. The molecule has 1 aliphatic carbocycles. The SMILES string of the molecule is CC=CC(=O)NC1CCC(CCC)CC1. The van der Waals surface area contributed by atoms with Crippen LogP contribution in [0.2, 0.25) is 0 Å². The van der Waals surface area contributed by atoms with Crippen LogP contribution < -0.4 is 5.32 Å².